The maximum absolute atomic E-state index is 9.04. The molecule has 3 nitrogen and oxygen atoms in total. The highest BCUT2D eigenvalue weighted by molar-refractivity contribution is 6.58. The number of rotatable bonds is 4. The van der Waals surface area contributed by atoms with Gasteiger partial charge in [-0.25, -0.2) is 0 Å². The summed E-state index contributed by atoms with van der Waals surface area (Å²) >= 11 is 0. The van der Waals surface area contributed by atoms with Gasteiger partial charge in [0, 0.05) is 12.6 Å². The van der Waals surface area contributed by atoms with Crippen LogP contribution >= 0.6 is 0 Å². The Labute approximate surface area is 111 Å². The van der Waals surface area contributed by atoms with E-state index in [4.69, 9.17) is 10.0 Å². The van der Waals surface area contributed by atoms with E-state index in [1.807, 2.05) is 12.1 Å². The van der Waals surface area contributed by atoms with Gasteiger partial charge in [0.25, 0.3) is 0 Å². The van der Waals surface area contributed by atoms with Crippen LogP contribution in [-0.4, -0.2) is 35.2 Å². The van der Waals surface area contributed by atoms with Crippen molar-refractivity contribution in [1.82, 2.24) is 4.90 Å². The summed E-state index contributed by atoms with van der Waals surface area (Å²) < 4.78 is 0. The maximum atomic E-state index is 9.04. The lowest BCUT2D eigenvalue weighted by Gasteiger charge is -2.35. The van der Waals surface area contributed by atoms with Crippen molar-refractivity contribution in [3.8, 4) is 0 Å². The summed E-state index contributed by atoms with van der Waals surface area (Å²) in [4.78, 5) is 2.31. The van der Waals surface area contributed by atoms with Crippen LogP contribution in [0.1, 0.15) is 33.3 Å². The minimum Gasteiger partial charge on any atom is -0.423 e. The second kappa shape index (κ2) is 5.87. The summed E-state index contributed by atoms with van der Waals surface area (Å²) in [6.45, 7) is 9.80. The average molecular weight is 249 g/mol. The monoisotopic (exact) mass is 249 g/mol. The molecule has 1 aromatic rings. The Balaban J connectivity index is 2.68. The number of hydrogen-bond acceptors (Lipinski definition) is 3. The first-order valence-corrected chi connectivity index (χ1v) is 6.37. The lowest BCUT2D eigenvalue weighted by atomic mass is 9.80. The smallest absolute Gasteiger partial charge is 0.423 e. The second-order valence-corrected chi connectivity index (χ2v) is 6.07. The van der Waals surface area contributed by atoms with Crippen LogP contribution in [0.5, 0.6) is 0 Å². The van der Waals surface area contributed by atoms with Crippen molar-refractivity contribution in [2.24, 2.45) is 5.41 Å². The van der Waals surface area contributed by atoms with E-state index < -0.39 is 7.12 Å². The number of benzene rings is 1. The van der Waals surface area contributed by atoms with Crippen molar-refractivity contribution in [3.05, 3.63) is 29.8 Å². The summed E-state index contributed by atoms with van der Waals surface area (Å²) in [6.07, 6.45) is 0. The third-order valence-electron chi connectivity index (χ3n) is 3.62. The molecule has 0 aliphatic carbocycles. The van der Waals surface area contributed by atoms with Crippen LogP contribution in [-0.2, 0) is 6.54 Å². The van der Waals surface area contributed by atoms with Crippen molar-refractivity contribution >= 4 is 12.6 Å². The lowest BCUT2D eigenvalue weighted by molar-refractivity contribution is 0.134. The van der Waals surface area contributed by atoms with Gasteiger partial charge in [-0.05, 0) is 30.4 Å². The van der Waals surface area contributed by atoms with Crippen molar-refractivity contribution in [2.75, 3.05) is 7.05 Å². The van der Waals surface area contributed by atoms with E-state index in [0.717, 1.165) is 6.54 Å². The highest BCUT2D eigenvalue weighted by Gasteiger charge is 2.23. The predicted octanol–water partition coefficient (Wildman–Crippen LogP) is 1.23. The molecule has 0 saturated heterocycles. The maximum Gasteiger partial charge on any atom is 0.488 e. The van der Waals surface area contributed by atoms with Gasteiger partial charge in [0.05, 0.1) is 0 Å². The summed E-state index contributed by atoms with van der Waals surface area (Å²) in [5, 5.41) is 18.1. The van der Waals surface area contributed by atoms with Gasteiger partial charge < -0.3 is 10.0 Å². The Bertz CT molecular complexity index is 370. The van der Waals surface area contributed by atoms with Gasteiger partial charge in [-0.15, -0.1) is 0 Å². The molecule has 0 aromatic heterocycles. The van der Waals surface area contributed by atoms with E-state index in [1.54, 1.807) is 12.1 Å². The highest BCUT2D eigenvalue weighted by atomic mass is 16.4. The van der Waals surface area contributed by atoms with Crippen LogP contribution in [0.2, 0.25) is 0 Å². The standard InChI is InChI=1S/C14H24BNO2/c1-11(14(2,3)4)16(5)10-12-6-8-13(9-7-12)15(17)18/h6-9,11,17-18H,10H2,1-5H3. The van der Waals surface area contributed by atoms with Gasteiger partial charge in [0.2, 0.25) is 0 Å². The first-order chi connectivity index (χ1) is 8.21. The zero-order valence-electron chi connectivity index (χ0n) is 12.0. The molecule has 0 saturated carbocycles. The van der Waals surface area contributed by atoms with Crippen molar-refractivity contribution < 1.29 is 10.0 Å². The van der Waals surface area contributed by atoms with Crippen LogP contribution in [0.3, 0.4) is 0 Å². The van der Waals surface area contributed by atoms with Crippen LogP contribution < -0.4 is 5.46 Å². The summed E-state index contributed by atoms with van der Waals surface area (Å²) in [6, 6.07) is 7.88. The zero-order valence-corrected chi connectivity index (χ0v) is 12.0. The predicted molar refractivity (Wildman–Crippen MR) is 76.7 cm³/mol. The van der Waals surface area contributed by atoms with E-state index >= 15 is 0 Å². The summed E-state index contributed by atoms with van der Waals surface area (Å²) in [7, 11) is 0.732. The largest absolute Gasteiger partial charge is 0.488 e. The molecule has 2 N–H and O–H groups in total. The average Bonchev–Trinajstić information content (AvgIpc) is 2.27. The first-order valence-electron chi connectivity index (χ1n) is 6.37. The lowest BCUT2D eigenvalue weighted by Crippen LogP contribution is -2.38. The quantitative estimate of drug-likeness (QED) is 0.789. The highest BCUT2D eigenvalue weighted by Crippen LogP contribution is 2.23. The third kappa shape index (κ3) is 4.12. The van der Waals surface area contributed by atoms with E-state index in [1.165, 1.54) is 5.56 Å². The summed E-state index contributed by atoms with van der Waals surface area (Å²) in [5.74, 6) is 0. The van der Waals surface area contributed by atoms with Gasteiger partial charge in [0.1, 0.15) is 0 Å². The first kappa shape index (κ1) is 15.2. The molecule has 0 radical (unpaired) electrons. The molecule has 18 heavy (non-hydrogen) atoms. The molecule has 0 spiro atoms. The minimum absolute atomic E-state index is 0.246. The molecule has 0 amide bonds. The van der Waals surface area contributed by atoms with Gasteiger partial charge in [-0.1, -0.05) is 45.0 Å². The SMILES string of the molecule is CC(N(C)Cc1ccc(B(O)O)cc1)C(C)(C)C. The molecule has 0 bridgehead atoms. The van der Waals surface area contributed by atoms with Crippen LogP contribution in [0.25, 0.3) is 0 Å². The molecule has 0 heterocycles. The molecule has 1 atom stereocenters. The topological polar surface area (TPSA) is 43.7 Å². The van der Waals surface area contributed by atoms with Crippen molar-refractivity contribution in [1.29, 1.82) is 0 Å². The van der Waals surface area contributed by atoms with Gasteiger partial charge in [-0.3, -0.25) is 4.90 Å². The molecule has 0 aliphatic rings. The fraction of sp³-hybridized carbons (Fsp3) is 0.571. The van der Waals surface area contributed by atoms with Crippen LogP contribution in [0.4, 0.5) is 0 Å². The van der Waals surface area contributed by atoms with Crippen molar-refractivity contribution in [2.45, 2.75) is 40.3 Å². The molecule has 0 aliphatic heterocycles. The second-order valence-electron chi connectivity index (χ2n) is 6.07. The van der Waals surface area contributed by atoms with Gasteiger partial charge in [0.15, 0.2) is 0 Å². The number of hydrogen-bond donors (Lipinski definition) is 2. The molecular weight excluding hydrogens is 225 g/mol. The molecule has 1 rings (SSSR count). The molecule has 100 valence electrons. The van der Waals surface area contributed by atoms with E-state index in [0.29, 0.717) is 11.5 Å². The molecular formula is C14H24BNO2. The fourth-order valence-electron chi connectivity index (χ4n) is 1.88. The third-order valence-corrected chi connectivity index (χ3v) is 3.62. The Hall–Kier alpha value is -0.835. The Morgan fingerprint density at radius 3 is 2.06 bits per heavy atom. The van der Waals surface area contributed by atoms with Gasteiger partial charge in [-0.2, -0.15) is 0 Å². The molecule has 4 heteroatoms. The molecule has 1 unspecified atom stereocenters. The van der Waals surface area contributed by atoms with E-state index in [2.05, 4.69) is 39.6 Å². The van der Waals surface area contributed by atoms with Crippen molar-refractivity contribution in [3.63, 3.8) is 0 Å². The fourth-order valence-corrected chi connectivity index (χ4v) is 1.88. The number of nitrogens with zero attached hydrogens (tertiary/aromatic N) is 1. The Morgan fingerprint density at radius 2 is 1.67 bits per heavy atom. The zero-order chi connectivity index (χ0) is 13.9. The van der Waals surface area contributed by atoms with E-state index in [9.17, 15) is 0 Å². The van der Waals surface area contributed by atoms with Crippen LogP contribution in [0.15, 0.2) is 24.3 Å². The van der Waals surface area contributed by atoms with E-state index in [-0.39, 0.29) is 5.41 Å². The minimum atomic E-state index is -1.38. The summed E-state index contributed by atoms with van der Waals surface area (Å²) in [5.41, 5.74) is 1.96. The Kier molecular flexibility index (Phi) is 4.96. The van der Waals surface area contributed by atoms with Crippen LogP contribution in [0, 0.1) is 5.41 Å². The normalized spacial score (nSPS) is 13.8. The molecule has 0 fully saturated rings. The van der Waals surface area contributed by atoms with Gasteiger partial charge >= 0.3 is 7.12 Å². The Morgan fingerprint density at radius 1 is 1.17 bits per heavy atom. The molecule has 1 aromatic carbocycles.